The highest BCUT2D eigenvalue weighted by Crippen LogP contribution is 2.39. The van der Waals surface area contributed by atoms with Gasteiger partial charge in [-0.2, -0.15) is 13.2 Å². The Morgan fingerprint density at radius 1 is 1.36 bits per heavy atom. The van der Waals surface area contributed by atoms with Gasteiger partial charge in [-0.1, -0.05) is 18.2 Å². The number of rotatable bonds is 3. The van der Waals surface area contributed by atoms with Crippen molar-refractivity contribution in [3.8, 4) is 0 Å². The fraction of sp³-hybridized carbons (Fsp3) is 0.611. The average Bonchev–Trinajstić information content (AvgIpc) is 2.61. The Hall–Kier alpha value is -1.76. The molecule has 1 saturated carbocycles. The number of nitrogens with one attached hydrogen (secondary N) is 1. The molecule has 4 unspecified atom stereocenters. The maximum absolute atomic E-state index is 13.2. The number of nitrogens with zero attached hydrogens (tertiary/aromatic N) is 1. The second-order valence-electron chi connectivity index (χ2n) is 7.10. The minimum atomic E-state index is -4.46. The first-order valence-corrected chi connectivity index (χ1v) is 8.65. The molecule has 1 aromatic carbocycles. The Balaban J connectivity index is 1.74. The molecule has 25 heavy (non-hydrogen) atoms. The molecule has 2 N–H and O–H groups in total. The van der Waals surface area contributed by atoms with Gasteiger partial charge in [0.2, 0.25) is 0 Å². The van der Waals surface area contributed by atoms with Crippen LogP contribution in [0.1, 0.15) is 43.4 Å². The third-order valence-corrected chi connectivity index (χ3v) is 5.47. The molecule has 2 amide bonds. The lowest BCUT2D eigenvalue weighted by Gasteiger charge is -2.49. The van der Waals surface area contributed by atoms with Gasteiger partial charge in [0.25, 0.3) is 0 Å². The van der Waals surface area contributed by atoms with Crippen LogP contribution in [0.3, 0.4) is 0 Å². The van der Waals surface area contributed by atoms with Crippen LogP contribution in [-0.2, 0) is 6.18 Å². The number of aliphatic hydroxyl groups excluding tert-OH is 1. The van der Waals surface area contributed by atoms with Crippen molar-refractivity contribution in [1.29, 1.82) is 0 Å². The normalized spacial score (nSPS) is 27.2. The van der Waals surface area contributed by atoms with Gasteiger partial charge in [-0.05, 0) is 43.7 Å². The fourth-order valence-electron chi connectivity index (χ4n) is 4.24. The van der Waals surface area contributed by atoms with Gasteiger partial charge in [0.1, 0.15) is 0 Å². The molecule has 4 nitrogen and oxygen atoms in total. The molecule has 1 aliphatic carbocycles. The van der Waals surface area contributed by atoms with Crippen molar-refractivity contribution in [3.05, 3.63) is 35.4 Å². The lowest BCUT2D eigenvalue weighted by molar-refractivity contribution is -0.138. The van der Waals surface area contributed by atoms with Crippen LogP contribution >= 0.6 is 0 Å². The van der Waals surface area contributed by atoms with Crippen LogP contribution < -0.4 is 5.32 Å². The number of benzene rings is 1. The number of carbonyl (C=O) groups excluding carboxylic acids is 1. The van der Waals surface area contributed by atoms with E-state index in [9.17, 15) is 23.1 Å². The highest BCUT2D eigenvalue weighted by atomic mass is 19.4. The molecule has 1 aromatic rings. The molecular weight excluding hydrogens is 333 g/mol. The molecule has 2 saturated heterocycles. The number of piperidine rings is 2. The van der Waals surface area contributed by atoms with E-state index in [0.29, 0.717) is 12.5 Å². The highest BCUT2D eigenvalue weighted by molar-refractivity contribution is 5.75. The Bertz CT molecular complexity index is 635. The number of amides is 2. The predicted octanol–water partition coefficient (Wildman–Crippen LogP) is 3.57. The number of aliphatic hydroxyl groups is 1. The van der Waals surface area contributed by atoms with E-state index in [4.69, 9.17) is 0 Å². The van der Waals surface area contributed by atoms with E-state index in [1.54, 1.807) is 11.8 Å². The van der Waals surface area contributed by atoms with E-state index in [1.165, 1.54) is 18.2 Å². The van der Waals surface area contributed by atoms with Crippen LogP contribution in [0.15, 0.2) is 24.3 Å². The summed E-state index contributed by atoms with van der Waals surface area (Å²) in [6.45, 7) is 2.21. The summed E-state index contributed by atoms with van der Waals surface area (Å²) < 4.78 is 39.5. The summed E-state index contributed by atoms with van der Waals surface area (Å²) in [5, 5.41) is 12.2. The molecule has 0 radical (unpaired) electrons. The Kier molecular flexibility index (Phi) is 4.95. The number of carbonyl (C=O) groups is 1. The Labute approximate surface area is 145 Å². The predicted molar refractivity (Wildman–Crippen MR) is 86.8 cm³/mol. The lowest BCUT2D eigenvalue weighted by Crippen LogP contribution is -2.58. The number of fused-ring (bicyclic) bond motifs is 3. The number of urea groups is 1. The molecule has 4 rings (SSSR count). The van der Waals surface area contributed by atoms with Gasteiger partial charge in [-0.25, -0.2) is 4.79 Å². The van der Waals surface area contributed by atoms with Crippen molar-refractivity contribution in [2.45, 2.75) is 44.4 Å². The second-order valence-corrected chi connectivity index (χ2v) is 7.10. The number of alkyl halides is 3. The zero-order chi connectivity index (χ0) is 18.2. The van der Waals surface area contributed by atoms with Crippen molar-refractivity contribution in [3.63, 3.8) is 0 Å². The van der Waals surface area contributed by atoms with Crippen molar-refractivity contribution >= 4 is 6.03 Å². The monoisotopic (exact) mass is 356 g/mol. The van der Waals surface area contributed by atoms with E-state index < -0.39 is 17.8 Å². The first-order valence-electron chi connectivity index (χ1n) is 8.65. The molecule has 0 aromatic heterocycles. The number of halogens is 3. The third kappa shape index (κ3) is 3.61. The number of hydrogen-bond acceptors (Lipinski definition) is 2. The van der Waals surface area contributed by atoms with E-state index >= 15 is 0 Å². The Morgan fingerprint density at radius 3 is 2.72 bits per heavy atom. The summed E-state index contributed by atoms with van der Waals surface area (Å²) in [5.41, 5.74) is -0.666. The smallest absolute Gasteiger partial charge is 0.396 e. The minimum Gasteiger partial charge on any atom is -0.396 e. The lowest BCUT2D eigenvalue weighted by atomic mass is 9.73. The van der Waals surface area contributed by atoms with Gasteiger partial charge in [-0.3, -0.25) is 0 Å². The summed E-state index contributed by atoms with van der Waals surface area (Å²) >= 11 is 0. The zero-order valence-electron chi connectivity index (χ0n) is 14.1. The summed E-state index contributed by atoms with van der Waals surface area (Å²) in [7, 11) is 0. The standard InChI is InChI=1S/C18H23F3N2O2/c1-11(14-4-2-3-5-15(14)18(19,20)21)22-17(25)23-9-12-6-7-16(23)13(8-12)10-24/h2-5,11-13,16,24H,6-10H2,1H3,(H,22,25). The largest absolute Gasteiger partial charge is 0.416 e. The minimum absolute atomic E-state index is 0.0277. The first-order chi connectivity index (χ1) is 11.8. The SMILES string of the molecule is CC(NC(=O)N1CC2CCC1C(CO)C2)c1ccccc1C(F)(F)F. The van der Waals surface area contributed by atoms with Crippen molar-refractivity contribution < 1.29 is 23.1 Å². The van der Waals surface area contributed by atoms with Gasteiger partial charge in [0.15, 0.2) is 0 Å². The molecule has 2 aliphatic heterocycles. The summed E-state index contributed by atoms with van der Waals surface area (Å²) in [6.07, 6.45) is -1.66. The average molecular weight is 356 g/mol. The molecule has 0 spiro atoms. The molecular formula is C18H23F3N2O2. The molecule has 3 fully saturated rings. The van der Waals surface area contributed by atoms with E-state index in [-0.39, 0.29) is 30.2 Å². The molecule has 138 valence electrons. The van der Waals surface area contributed by atoms with E-state index in [1.807, 2.05) is 0 Å². The maximum atomic E-state index is 13.2. The van der Waals surface area contributed by atoms with Crippen molar-refractivity contribution in [2.24, 2.45) is 11.8 Å². The van der Waals surface area contributed by atoms with Crippen LogP contribution in [0, 0.1) is 11.8 Å². The number of hydrogen-bond donors (Lipinski definition) is 2. The van der Waals surface area contributed by atoms with Gasteiger partial charge in [0.05, 0.1) is 11.6 Å². The Morgan fingerprint density at radius 2 is 2.08 bits per heavy atom. The molecule has 7 heteroatoms. The molecule has 2 bridgehead atoms. The van der Waals surface area contributed by atoms with Gasteiger partial charge >= 0.3 is 12.2 Å². The van der Waals surface area contributed by atoms with Gasteiger partial charge in [-0.15, -0.1) is 0 Å². The summed E-state index contributed by atoms with van der Waals surface area (Å²) in [5.74, 6) is 0.432. The van der Waals surface area contributed by atoms with Crippen LogP contribution in [0.5, 0.6) is 0 Å². The fourth-order valence-corrected chi connectivity index (χ4v) is 4.24. The van der Waals surface area contributed by atoms with Crippen LogP contribution in [-0.4, -0.2) is 35.2 Å². The highest BCUT2D eigenvalue weighted by Gasteiger charge is 2.43. The van der Waals surface area contributed by atoms with Gasteiger partial charge in [0, 0.05) is 25.1 Å². The topological polar surface area (TPSA) is 52.6 Å². The van der Waals surface area contributed by atoms with E-state index in [0.717, 1.165) is 25.3 Å². The second kappa shape index (κ2) is 6.86. The van der Waals surface area contributed by atoms with Crippen LogP contribution in [0.2, 0.25) is 0 Å². The first kappa shape index (κ1) is 18.0. The zero-order valence-corrected chi connectivity index (χ0v) is 14.1. The molecule has 4 atom stereocenters. The molecule has 2 heterocycles. The summed E-state index contributed by atoms with van der Waals surface area (Å²) in [6, 6.07) is 4.18. The van der Waals surface area contributed by atoms with Crippen LogP contribution in [0.4, 0.5) is 18.0 Å². The molecule has 3 aliphatic rings. The quantitative estimate of drug-likeness (QED) is 0.870. The third-order valence-electron chi connectivity index (χ3n) is 5.47. The van der Waals surface area contributed by atoms with E-state index in [2.05, 4.69) is 5.32 Å². The van der Waals surface area contributed by atoms with Gasteiger partial charge < -0.3 is 15.3 Å². The maximum Gasteiger partial charge on any atom is 0.416 e. The van der Waals surface area contributed by atoms with Crippen molar-refractivity contribution in [2.75, 3.05) is 13.2 Å². The summed E-state index contributed by atoms with van der Waals surface area (Å²) in [4.78, 5) is 14.3. The van der Waals surface area contributed by atoms with Crippen LogP contribution in [0.25, 0.3) is 0 Å². The van der Waals surface area contributed by atoms with Crippen molar-refractivity contribution in [1.82, 2.24) is 10.2 Å².